The average Bonchev–Trinajstić information content (AvgIpc) is 2.84. The maximum atomic E-state index is 11.5. The van der Waals surface area contributed by atoms with Gasteiger partial charge in [0.05, 0.1) is 13.4 Å². The van der Waals surface area contributed by atoms with Crippen LogP contribution >= 0.6 is 0 Å². The van der Waals surface area contributed by atoms with Gasteiger partial charge in [-0.2, -0.15) is 0 Å². The van der Waals surface area contributed by atoms with Crippen LogP contribution in [-0.4, -0.2) is 26.6 Å². The molecule has 6 heteroatoms. The number of hydrogen-bond donors (Lipinski definition) is 1. The number of ether oxygens (including phenoxy) is 1. The van der Waals surface area contributed by atoms with E-state index in [1.165, 1.54) is 6.33 Å². The minimum Gasteiger partial charge on any atom is -0.497 e. The van der Waals surface area contributed by atoms with Crippen LogP contribution in [0, 0.1) is 0 Å². The third kappa shape index (κ3) is 1.55. The third-order valence-electron chi connectivity index (χ3n) is 2.69. The number of aromatic amines is 1. The number of fused-ring (bicyclic) bond motifs is 1. The fourth-order valence-corrected chi connectivity index (χ4v) is 1.78. The lowest BCUT2D eigenvalue weighted by Gasteiger charge is -2.04. The number of nitrogens with zero attached hydrogens (tertiary/aromatic N) is 3. The summed E-state index contributed by atoms with van der Waals surface area (Å²) in [4.78, 5) is 22.2. The van der Waals surface area contributed by atoms with Crippen molar-refractivity contribution in [3.05, 3.63) is 47.3 Å². The van der Waals surface area contributed by atoms with Crippen molar-refractivity contribution >= 4 is 11.2 Å². The number of imidazole rings is 1. The van der Waals surface area contributed by atoms with E-state index in [0.29, 0.717) is 11.2 Å². The fraction of sp³-hybridized carbons (Fsp3) is 0.0833. The molecule has 0 unspecified atom stereocenters. The van der Waals surface area contributed by atoms with E-state index in [1.807, 2.05) is 24.3 Å². The lowest BCUT2D eigenvalue weighted by Crippen LogP contribution is -2.07. The monoisotopic (exact) mass is 242 g/mol. The van der Waals surface area contributed by atoms with Gasteiger partial charge in [0.25, 0.3) is 5.56 Å². The van der Waals surface area contributed by atoms with Gasteiger partial charge in [0, 0.05) is 5.69 Å². The van der Waals surface area contributed by atoms with E-state index in [0.717, 1.165) is 11.4 Å². The van der Waals surface area contributed by atoms with Crippen LogP contribution in [0.4, 0.5) is 0 Å². The number of H-pyrrole nitrogens is 1. The molecule has 90 valence electrons. The van der Waals surface area contributed by atoms with Gasteiger partial charge in [0.1, 0.15) is 12.1 Å². The molecule has 2 heterocycles. The SMILES string of the molecule is COc1ccc(-n2cnc3c(=O)[nH]cnc32)cc1. The molecule has 0 amide bonds. The molecule has 3 rings (SSSR count). The van der Waals surface area contributed by atoms with Crippen molar-refractivity contribution in [2.24, 2.45) is 0 Å². The highest BCUT2D eigenvalue weighted by Gasteiger charge is 2.08. The Hall–Kier alpha value is -2.63. The summed E-state index contributed by atoms with van der Waals surface area (Å²) in [6, 6.07) is 7.44. The Labute approximate surface area is 102 Å². The molecule has 0 radical (unpaired) electrons. The summed E-state index contributed by atoms with van der Waals surface area (Å²) in [6.07, 6.45) is 2.95. The highest BCUT2D eigenvalue weighted by Crippen LogP contribution is 2.17. The van der Waals surface area contributed by atoms with Crippen molar-refractivity contribution in [3.63, 3.8) is 0 Å². The smallest absolute Gasteiger partial charge is 0.278 e. The largest absolute Gasteiger partial charge is 0.497 e. The van der Waals surface area contributed by atoms with E-state index in [9.17, 15) is 4.79 Å². The molecule has 0 saturated carbocycles. The lowest BCUT2D eigenvalue weighted by atomic mass is 10.3. The Morgan fingerprint density at radius 2 is 2.00 bits per heavy atom. The van der Waals surface area contributed by atoms with Gasteiger partial charge in [-0.25, -0.2) is 9.97 Å². The van der Waals surface area contributed by atoms with Crippen LogP contribution in [0.3, 0.4) is 0 Å². The Kier molecular flexibility index (Phi) is 2.33. The molecular weight excluding hydrogens is 232 g/mol. The van der Waals surface area contributed by atoms with Crippen LogP contribution in [-0.2, 0) is 0 Å². The summed E-state index contributed by atoms with van der Waals surface area (Å²) < 4.78 is 6.85. The van der Waals surface area contributed by atoms with E-state index in [1.54, 1.807) is 18.0 Å². The Balaban J connectivity index is 2.19. The second-order valence-corrected chi connectivity index (χ2v) is 3.72. The molecule has 0 fully saturated rings. The van der Waals surface area contributed by atoms with Gasteiger partial charge < -0.3 is 9.72 Å². The Morgan fingerprint density at radius 1 is 1.22 bits per heavy atom. The number of rotatable bonds is 2. The molecule has 0 aliphatic rings. The minimum atomic E-state index is -0.243. The van der Waals surface area contributed by atoms with Crippen LogP contribution in [0.25, 0.3) is 16.9 Å². The molecule has 3 aromatic rings. The summed E-state index contributed by atoms with van der Waals surface area (Å²) in [6.45, 7) is 0. The van der Waals surface area contributed by atoms with Crippen LogP contribution in [0.5, 0.6) is 5.75 Å². The van der Waals surface area contributed by atoms with Gasteiger partial charge in [-0.05, 0) is 24.3 Å². The molecule has 6 nitrogen and oxygen atoms in total. The number of aromatic nitrogens is 4. The standard InChI is InChI=1S/C12H10N4O2/c1-18-9-4-2-8(3-5-9)16-7-15-10-11(16)13-6-14-12(10)17/h2-7H,1H3,(H,13,14,17). The average molecular weight is 242 g/mol. The Bertz CT molecular complexity index is 743. The number of nitrogens with one attached hydrogen (secondary N) is 1. The highest BCUT2D eigenvalue weighted by atomic mass is 16.5. The van der Waals surface area contributed by atoms with Gasteiger partial charge in [-0.15, -0.1) is 0 Å². The number of hydrogen-bond acceptors (Lipinski definition) is 4. The van der Waals surface area contributed by atoms with Crippen molar-refractivity contribution in [2.45, 2.75) is 0 Å². The molecule has 0 atom stereocenters. The van der Waals surface area contributed by atoms with E-state index in [4.69, 9.17) is 4.74 Å². The first-order valence-electron chi connectivity index (χ1n) is 5.35. The summed E-state index contributed by atoms with van der Waals surface area (Å²) in [5.41, 5.74) is 1.49. The zero-order valence-electron chi connectivity index (χ0n) is 9.62. The molecule has 18 heavy (non-hydrogen) atoms. The zero-order valence-corrected chi connectivity index (χ0v) is 9.62. The second kappa shape index (κ2) is 3.99. The molecule has 0 saturated heterocycles. The normalized spacial score (nSPS) is 10.7. The number of benzene rings is 1. The fourth-order valence-electron chi connectivity index (χ4n) is 1.78. The summed E-state index contributed by atoms with van der Waals surface area (Å²) in [5.74, 6) is 0.772. The first-order valence-corrected chi connectivity index (χ1v) is 5.35. The first kappa shape index (κ1) is 10.5. The predicted octanol–water partition coefficient (Wildman–Crippen LogP) is 1.12. The summed E-state index contributed by atoms with van der Waals surface area (Å²) in [5, 5.41) is 0. The number of methoxy groups -OCH3 is 1. The van der Waals surface area contributed by atoms with Crippen molar-refractivity contribution in [3.8, 4) is 11.4 Å². The molecule has 0 spiro atoms. The van der Waals surface area contributed by atoms with E-state index in [2.05, 4.69) is 15.0 Å². The van der Waals surface area contributed by atoms with Crippen LogP contribution in [0.1, 0.15) is 0 Å². The van der Waals surface area contributed by atoms with Gasteiger partial charge in [-0.1, -0.05) is 0 Å². The maximum Gasteiger partial charge on any atom is 0.278 e. The maximum absolute atomic E-state index is 11.5. The van der Waals surface area contributed by atoms with Gasteiger partial charge >= 0.3 is 0 Å². The van der Waals surface area contributed by atoms with Gasteiger partial charge in [-0.3, -0.25) is 9.36 Å². The van der Waals surface area contributed by atoms with Gasteiger partial charge in [0.15, 0.2) is 11.2 Å². The molecular formula is C12H10N4O2. The second-order valence-electron chi connectivity index (χ2n) is 3.72. The first-order chi connectivity index (χ1) is 8.79. The molecule has 0 aliphatic carbocycles. The van der Waals surface area contributed by atoms with Crippen molar-refractivity contribution < 1.29 is 4.74 Å². The zero-order chi connectivity index (χ0) is 12.5. The van der Waals surface area contributed by atoms with Gasteiger partial charge in [0.2, 0.25) is 0 Å². The topological polar surface area (TPSA) is 72.8 Å². The summed E-state index contributed by atoms with van der Waals surface area (Å²) >= 11 is 0. The minimum absolute atomic E-state index is 0.243. The molecule has 2 aromatic heterocycles. The van der Waals surface area contributed by atoms with E-state index < -0.39 is 0 Å². The van der Waals surface area contributed by atoms with Crippen LogP contribution < -0.4 is 10.3 Å². The molecule has 1 aromatic carbocycles. The molecule has 1 N–H and O–H groups in total. The van der Waals surface area contributed by atoms with E-state index in [-0.39, 0.29) is 5.56 Å². The van der Waals surface area contributed by atoms with Crippen LogP contribution in [0.15, 0.2) is 41.7 Å². The quantitative estimate of drug-likeness (QED) is 0.730. The predicted molar refractivity (Wildman–Crippen MR) is 66.0 cm³/mol. The molecule has 0 bridgehead atoms. The lowest BCUT2D eigenvalue weighted by molar-refractivity contribution is 0.415. The molecule has 0 aliphatic heterocycles. The third-order valence-corrected chi connectivity index (χ3v) is 2.69. The van der Waals surface area contributed by atoms with Crippen molar-refractivity contribution in [2.75, 3.05) is 7.11 Å². The summed E-state index contributed by atoms with van der Waals surface area (Å²) in [7, 11) is 1.61. The highest BCUT2D eigenvalue weighted by molar-refractivity contribution is 5.71. The van der Waals surface area contributed by atoms with Crippen molar-refractivity contribution in [1.29, 1.82) is 0 Å². The Morgan fingerprint density at radius 3 is 2.72 bits per heavy atom. The van der Waals surface area contributed by atoms with Crippen LogP contribution in [0.2, 0.25) is 0 Å². The van der Waals surface area contributed by atoms with Crippen molar-refractivity contribution in [1.82, 2.24) is 19.5 Å². The van der Waals surface area contributed by atoms with E-state index >= 15 is 0 Å².